The Balaban J connectivity index is 1.31. The average Bonchev–Trinajstić information content (AvgIpc) is 3.80. The highest BCUT2D eigenvalue weighted by Gasteiger charge is 2.32. The molecular formula is C51H29F3N6. The quantitative estimate of drug-likeness (QED) is 0.178. The van der Waals surface area contributed by atoms with Crippen molar-refractivity contribution in [2.24, 2.45) is 0 Å². The predicted octanol–water partition coefficient (Wildman–Crippen LogP) is 10.7. The van der Waals surface area contributed by atoms with Crippen LogP contribution < -0.4 is 10.6 Å². The van der Waals surface area contributed by atoms with Crippen molar-refractivity contribution >= 4 is 44.4 Å². The number of fused-ring (bicyclic) bond motifs is 6. The van der Waals surface area contributed by atoms with Crippen LogP contribution in [0.3, 0.4) is 0 Å². The summed E-state index contributed by atoms with van der Waals surface area (Å²) in [6.07, 6.45) is 9.89. The number of hydrogen-bond donors (Lipinski definition) is 0. The van der Waals surface area contributed by atoms with Crippen LogP contribution in [0, 0.1) is 34.0 Å². The summed E-state index contributed by atoms with van der Waals surface area (Å²) in [5, 5.41) is 34.6. The molecule has 0 bridgehead atoms. The topological polar surface area (TPSA) is 94.1 Å². The van der Waals surface area contributed by atoms with Crippen molar-refractivity contribution in [3.63, 3.8) is 0 Å². The molecular weight excluding hydrogens is 754 g/mol. The predicted molar refractivity (Wildman–Crippen MR) is 228 cm³/mol. The second kappa shape index (κ2) is 14.0. The van der Waals surface area contributed by atoms with Gasteiger partial charge in [0.1, 0.15) is 5.82 Å². The maximum Gasteiger partial charge on any atom is 0.416 e. The normalized spacial score (nSPS) is 14.4. The van der Waals surface area contributed by atoms with Crippen molar-refractivity contribution in [2.75, 3.05) is 0 Å². The van der Waals surface area contributed by atoms with Gasteiger partial charge in [0.15, 0.2) is 0 Å². The molecule has 0 saturated heterocycles. The molecule has 6 nitrogen and oxygen atoms in total. The maximum absolute atomic E-state index is 14.6. The van der Waals surface area contributed by atoms with E-state index in [2.05, 4.69) is 18.2 Å². The molecule has 0 saturated carbocycles. The lowest BCUT2D eigenvalue weighted by Crippen LogP contribution is -2.20. The average molecular weight is 783 g/mol. The molecule has 5 aromatic carbocycles. The van der Waals surface area contributed by atoms with Crippen LogP contribution in [0.2, 0.25) is 0 Å². The number of pyridine rings is 1. The van der Waals surface area contributed by atoms with Crippen molar-refractivity contribution in [3.05, 3.63) is 184 Å². The van der Waals surface area contributed by atoms with Gasteiger partial charge in [-0.25, -0.2) is 4.98 Å². The Hall–Kier alpha value is -8.19. The van der Waals surface area contributed by atoms with Gasteiger partial charge in [-0.05, 0) is 107 Å². The SMILES string of the molecule is N#CC1=CC=CCC1=c1ccc2c3c(n(-c4cnc(-n5c6ccccc6c6ccc(-c7ccccc7C#N)cc65)cc4-c4cc(C#N)cc(C(F)(F)F)c4)c2c1)=CC=CC3. The number of aromatic nitrogens is 3. The lowest BCUT2D eigenvalue weighted by atomic mass is 9.96. The summed E-state index contributed by atoms with van der Waals surface area (Å²) in [7, 11) is 0. The van der Waals surface area contributed by atoms with Crippen LogP contribution >= 0.6 is 0 Å². The number of halogens is 3. The Morgan fingerprint density at radius 1 is 0.617 bits per heavy atom. The molecule has 0 N–H and O–H groups in total. The van der Waals surface area contributed by atoms with E-state index >= 15 is 0 Å². The van der Waals surface area contributed by atoms with Crippen molar-refractivity contribution in [1.82, 2.24) is 14.1 Å². The third-order valence-corrected chi connectivity index (χ3v) is 11.4. The molecule has 3 aromatic heterocycles. The number of para-hydroxylation sites is 1. The fraction of sp³-hybridized carbons (Fsp3) is 0.0588. The molecule has 8 aromatic rings. The highest BCUT2D eigenvalue weighted by atomic mass is 19.4. The third-order valence-electron chi connectivity index (χ3n) is 11.4. The van der Waals surface area contributed by atoms with E-state index in [1.807, 2.05) is 118 Å². The van der Waals surface area contributed by atoms with Gasteiger partial charge < -0.3 is 4.57 Å². The Morgan fingerprint density at radius 2 is 1.38 bits per heavy atom. The van der Waals surface area contributed by atoms with E-state index in [9.17, 15) is 29.0 Å². The van der Waals surface area contributed by atoms with Gasteiger partial charge in [-0.1, -0.05) is 85.0 Å². The van der Waals surface area contributed by atoms with E-state index in [4.69, 9.17) is 4.98 Å². The van der Waals surface area contributed by atoms with E-state index in [-0.39, 0.29) is 11.1 Å². The monoisotopic (exact) mass is 782 g/mol. The minimum atomic E-state index is -4.72. The van der Waals surface area contributed by atoms with Crippen molar-refractivity contribution in [2.45, 2.75) is 19.0 Å². The van der Waals surface area contributed by atoms with Crippen LogP contribution in [0.4, 0.5) is 13.2 Å². The molecule has 2 aliphatic rings. The first kappa shape index (κ1) is 36.2. The van der Waals surface area contributed by atoms with Crippen LogP contribution in [-0.2, 0) is 12.6 Å². The van der Waals surface area contributed by atoms with Crippen molar-refractivity contribution in [1.29, 1.82) is 15.8 Å². The Bertz CT molecular complexity index is 3520. The second-order valence-electron chi connectivity index (χ2n) is 14.7. The number of nitrogens with zero attached hydrogens (tertiary/aromatic N) is 6. The van der Waals surface area contributed by atoms with Gasteiger partial charge in [-0.2, -0.15) is 29.0 Å². The summed E-state index contributed by atoms with van der Waals surface area (Å²) in [5.41, 5.74) is 7.12. The minimum absolute atomic E-state index is 0.129. The summed E-state index contributed by atoms with van der Waals surface area (Å²) < 4.78 is 47.8. The third kappa shape index (κ3) is 5.82. The molecule has 9 heteroatoms. The van der Waals surface area contributed by atoms with Gasteiger partial charge in [0.05, 0.1) is 74.3 Å². The zero-order valence-corrected chi connectivity index (χ0v) is 31.7. The molecule has 0 aliphatic heterocycles. The molecule has 60 heavy (non-hydrogen) atoms. The molecule has 10 rings (SSSR count). The highest BCUT2D eigenvalue weighted by molar-refractivity contribution is 6.10. The van der Waals surface area contributed by atoms with Crippen LogP contribution in [-0.4, -0.2) is 14.1 Å². The first-order valence-electron chi connectivity index (χ1n) is 19.2. The standard InChI is InChI=1S/C51H29F3N6/c52-51(53,54)37-22-31(27-55)21-36(23-37)44-26-50(60-46-16-8-6-14-41(46)43-20-18-33(25-48(43)60)39-12-4-2-10-35(39)29-57)58-30-49(44)59-45-15-7-5-13-40(45)42-19-17-32(24-47(42)59)38-11-3-1-9-34(38)28-56/h1-10,12,14-26,30H,11,13H2. The summed E-state index contributed by atoms with van der Waals surface area (Å²) in [6.45, 7) is 0. The summed E-state index contributed by atoms with van der Waals surface area (Å²) >= 11 is 0. The maximum atomic E-state index is 14.6. The van der Waals surface area contributed by atoms with Crippen LogP contribution in [0.15, 0.2) is 151 Å². The summed E-state index contributed by atoms with van der Waals surface area (Å²) in [5.74, 6) is 0.449. The highest BCUT2D eigenvalue weighted by Crippen LogP contribution is 2.40. The van der Waals surface area contributed by atoms with Gasteiger partial charge >= 0.3 is 6.18 Å². The summed E-state index contributed by atoms with van der Waals surface area (Å²) in [4.78, 5) is 5.11. The number of nitriles is 3. The first-order chi connectivity index (χ1) is 29.2. The van der Waals surface area contributed by atoms with Crippen molar-refractivity contribution < 1.29 is 13.2 Å². The minimum Gasteiger partial charge on any atom is -0.307 e. The molecule has 0 radical (unpaired) electrons. The van der Waals surface area contributed by atoms with Crippen molar-refractivity contribution in [3.8, 4) is 52.0 Å². The number of hydrogen-bond acceptors (Lipinski definition) is 4. The molecule has 2 aliphatic carbocycles. The van der Waals surface area contributed by atoms with Gasteiger partial charge in [0.2, 0.25) is 0 Å². The lowest BCUT2D eigenvalue weighted by molar-refractivity contribution is -0.137. The van der Waals surface area contributed by atoms with E-state index < -0.39 is 11.7 Å². The Kier molecular flexibility index (Phi) is 8.45. The fourth-order valence-corrected chi connectivity index (χ4v) is 8.69. The Labute approximate surface area is 341 Å². The van der Waals surface area contributed by atoms with E-state index in [1.165, 1.54) is 6.07 Å². The zero-order chi connectivity index (χ0) is 41.1. The van der Waals surface area contributed by atoms with Crippen LogP contribution in [0.25, 0.3) is 78.1 Å². The number of rotatable bonds is 4. The molecule has 284 valence electrons. The van der Waals surface area contributed by atoms with E-state index in [1.54, 1.807) is 24.4 Å². The summed E-state index contributed by atoms with van der Waals surface area (Å²) in [6, 6.07) is 39.2. The molecule has 0 spiro atoms. The van der Waals surface area contributed by atoms with Gasteiger partial charge in [0.25, 0.3) is 0 Å². The molecule has 0 unspecified atom stereocenters. The van der Waals surface area contributed by atoms with Crippen LogP contribution in [0.1, 0.15) is 28.7 Å². The van der Waals surface area contributed by atoms with Gasteiger partial charge in [-0.3, -0.25) is 4.57 Å². The largest absolute Gasteiger partial charge is 0.416 e. The van der Waals surface area contributed by atoms with E-state index in [0.717, 1.165) is 77.7 Å². The number of benzene rings is 5. The van der Waals surface area contributed by atoms with E-state index in [0.29, 0.717) is 41.0 Å². The zero-order valence-electron chi connectivity index (χ0n) is 31.7. The lowest BCUT2D eigenvalue weighted by Gasteiger charge is -2.18. The smallest absolute Gasteiger partial charge is 0.307 e. The number of allylic oxidation sites excluding steroid dienone is 6. The number of alkyl halides is 3. The molecule has 0 amide bonds. The fourth-order valence-electron chi connectivity index (χ4n) is 8.69. The molecule has 0 atom stereocenters. The Morgan fingerprint density at radius 3 is 2.22 bits per heavy atom. The van der Waals surface area contributed by atoms with Crippen LogP contribution in [0.5, 0.6) is 0 Å². The molecule has 3 heterocycles. The first-order valence-corrected chi connectivity index (χ1v) is 19.2. The molecule has 0 fully saturated rings. The van der Waals surface area contributed by atoms with Gasteiger partial charge in [0, 0.05) is 21.7 Å². The van der Waals surface area contributed by atoms with Gasteiger partial charge in [-0.15, -0.1) is 0 Å². The second-order valence-corrected chi connectivity index (χ2v) is 14.7.